The summed E-state index contributed by atoms with van der Waals surface area (Å²) in [6.45, 7) is 6.08. The Morgan fingerprint density at radius 1 is 0.862 bits per heavy atom. The summed E-state index contributed by atoms with van der Waals surface area (Å²) in [4.78, 5) is 68.6. The molecule has 12 heteroatoms. The molecule has 2 aromatic carbocycles. The smallest absolute Gasteiger partial charge is 0.310 e. The standard InChI is InChI=1S/C46H56N4O7S/c1-3-36(4-2)49(26-27-50(37-22-23-37)40(51)24-25-41(52)53)29-32-8-7-9-34(28-32)43(54)48-45-42(38-10-5-6-11-39(38)58-45)44(55)47-35-20-16-31(17-21-35)13-12-30-14-18-33(19-15-30)46(56)57/h7-9,14-18,20-21,28,33,36-37H,3-6,10-13,19,22-27,29H2,1-2H3,(H,47,55)(H,48,54)(H,52,53)(H,56,57). The van der Waals surface area contributed by atoms with Gasteiger partial charge in [0.1, 0.15) is 5.00 Å². The van der Waals surface area contributed by atoms with E-state index in [0.29, 0.717) is 47.9 Å². The number of rotatable bonds is 20. The van der Waals surface area contributed by atoms with Crippen molar-refractivity contribution >= 4 is 51.7 Å². The average Bonchev–Trinajstić information content (AvgIpc) is 4.00. The zero-order valence-electron chi connectivity index (χ0n) is 33.6. The summed E-state index contributed by atoms with van der Waals surface area (Å²) in [6.07, 6.45) is 15.0. The van der Waals surface area contributed by atoms with Crippen molar-refractivity contribution in [3.05, 3.63) is 105 Å². The first-order chi connectivity index (χ1) is 28.0. The number of allylic oxidation sites excluding steroid dienone is 3. The van der Waals surface area contributed by atoms with Crippen LogP contribution in [0, 0.1) is 5.92 Å². The van der Waals surface area contributed by atoms with Crippen LogP contribution in [-0.4, -0.2) is 74.8 Å². The van der Waals surface area contributed by atoms with Crippen LogP contribution in [0.4, 0.5) is 10.7 Å². The second-order valence-electron chi connectivity index (χ2n) is 15.7. The second-order valence-corrected chi connectivity index (χ2v) is 16.8. The third-order valence-corrected chi connectivity index (χ3v) is 12.8. The third kappa shape index (κ3) is 11.3. The number of hydrogen-bond acceptors (Lipinski definition) is 7. The van der Waals surface area contributed by atoms with Gasteiger partial charge in [-0.1, -0.05) is 61.9 Å². The van der Waals surface area contributed by atoms with Crippen molar-refractivity contribution < 1.29 is 34.2 Å². The minimum Gasteiger partial charge on any atom is -0.481 e. The van der Waals surface area contributed by atoms with Crippen LogP contribution in [0.2, 0.25) is 0 Å². The van der Waals surface area contributed by atoms with E-state index < -0.39 is 17.9 Å². The lowest BCUT2D eigenvalue weighted by molar-refractivity contribution is -0.141. The second kappa shape index (κ2) is 20.1. The lowest BCUT2D eigenvalue weighted by Gasteiger charge is -2.33. The highest BCUT2D eigenvalue weighted by Crippen LogP contribution is 2.39. The van der Waals surface area contributed by atoms with Crippen molar-refractivity contribution in [1.29, 1.82) is 0 Å². The van der Waals surface area contributed by atoms with Crippen molar-refractivity contribution in [3.63, 3.8) is 0 Å². The molecule has 0 saturated heterocycles. The monoisotopic (exact) mass is 808 g/mol. The number of hydrogen-bond donors (Lipinski definition) is 4. The maximum atomic E-state index is 14.0. The van der Waals surface area contributed by atoms with Crippen molar-refractivity contribution in [1.82, 2.24) is 9.80 Å². The summed E-state index contributed by atoms with van der Waals surface area (Å²) < 4.78 is 0. The highest BCUT2D eigenvalue weighted by atomic mass is 32.1. The Morgan fingerprint density at radius 3 is 2.29 bits per heavy atom. The summed E-state index contributed by atoms with van der Waals surface area (Å²) >= 11 is 1.49. The first-order valence-electron chi connectivity index (χ1n) is 20.8. The molecule has 1 heterocycles. The van der Waals surface area contributed by atoms with Crippen molar-refractivity contribution in [2.24, 2.45) is 5.92 Å². The van der Waals surface area contributed by atoms with Crippen molar-refractivity contribution in [2.45, 2.75) is 116 Å². The Kier molecular flexibility index (Phi) is 14.7. The van der Waals surface area contributed by atoms with Crippen LogP contribution in [0.1, 0.15) is 120 Å². The number of nitrogens with one attached hydrogen (secondary N) is 2. The number of carbonyl (C=O) groups excluding carboxylic acids is 3. The molecule has 1 saturated carbocycles. The van der Waals surface area contributed by atoms with Gasteiger partial charge in [0.2, 0.25) is 5.91 Å². The van der Waals surface area contributed by atoms with E-state index in [1.54, 1.807) is 12.1 Å². The first kappa shape index (κ1) is 42.5. The molecule has 1 fully saturated rings. The fraction of sp³-hybridized carbons (Fsp3) is 0.457. The van der Waals surface area contributed by atoms with Gasteiger partial charge < -0.3 is 25.7 Å². The molecule has 0 radical (unpaired) electrons. The number of aliphatic carboxylic acids is 2. The predicted octanol–water partition coefficient (Wildman–Crippen LogP) is 8.50. The molecule has 6 rings (SSSR count). The molecule has 3 aliphatic carbocycles. The molecule has 1 unspecified atom stereocenters. The number of nitrogens with zero attached hydrogens (tertiary/aromatic N) is 2. The van der Waals surface area contributed by atoms with Gasteiger partial charge in [-0.25, -0.2) is 0 Å². The number of thiophene rings is 1. The number of anilines is 2. The number of aryl methyl sites for hydroxylation is 2. The van der Waals surface area contributed by atoms with Gasteiger partial charge in [0.05, 0.1) is 17.9 Å². The molecule has 0 aliphatic heterocycles. The molecule has 3 aliphatic rings. The van der Waals surface area contributed by atoms with Crippen LogP contribution in [0.25, 0.3) is 0 Å². The molecule has 0 spiro atoms. The van der Waals surface area contributed by atoms with E-state index in [9.17, 15) is 29.1 Å². The van der Waals surface area contributed by atoms with Crippen LogP contribution < -0.4 is 10.6 Å². The van der Waals surface area contributed by atoms with Crippen molar-refractivity contribution in [3.8, 4) is 0 Å². The van der Waals surface area contributed by atoms with E-state index in [2.05, 4.69) is 29.4 Å². The summed E-state index contributed by atoms with van der Waals surface area (Å²) in [5, 5.41) is 25.1. The van der Waals surface area contributed by atoms with Crippen LogP contribution in [0.3, 0.4) is 0 Å². The zero-order chi connectivity index (χ0) is 41.2. The molecule has 1 atom stereocenters. The number of carboxylic acid groups (broad SMARTS) is 2. The normalized spacial score (nSPS) is 16.1. The van der Waals surface area contributed by atoms with Gasteiger partial charge in [0, 0.05) is 54.3 Å². The summed E-state index contributed by atoms with van der Waals surface area (Å²) in [5.74, 6) is -2.86. The van der Waals surface area contributed by atoms with Crippen LogP contribution >= 0.6 is 11.3 Å². The molecule has 1 aromatic heterocycles. The lowest BCUT2D eigenvalue weighted by Crippen LogP contribution is -2.43. The summed E-state index contributed by atoms with van der Waals surface area (Å²) in [6, 6.07) is 15.8. The van der Waals surface area contributed by atoms with Gasteiger partial charge in [-0.2, -0.15) is 0 Å². The van der Waals surface area contributed by atoms with Gasteiger partial charge >= 0.3 is 11.9 Å². The third-order valence-electron chi connectivity index (χ3n) is 11.6. The highest BCUT2D eigenvalue weighted by molar-refractivity contribution is 7.17. The van der Waals surface area contributed by atoms with Crippen LogP contribution in [-0.2, 0) is 40.2 Å². The predicted molar refractivity (Wildman–Crippen MR) is 227 cm³/mol. The van der Waals surface area contributed by atoms with Crippen LogP contribution in [0.15, 0.2) is 72.3 Å². The Labute approximate surface area is 345 Å². The highest BCUT2D eigenvalue weighted by Gasteiger charge is 2.33. The van der Waals surface area contributed by atoms with Gasteiger partial charge in [-0.05, 0) is 112 Å². The SMILES string of the molecule is CCC(CC)N(CCN(C(=O)CCC(=O)O)C1CC1)Cc1cccc(C(=O)Nc2sc3c(c2C(=O)Nc2ccc(CCC4=CCC(C(=O)O)C=C4)cc2)CCCC3)c1. The van der Waals surface area contributed by atoms with E-state index in [1.165, 1.54) is 11.3 Å². The summed E-state index contributed by atoms with van der Waals surface area (Å²) in [5.41, 5.74) is 5.92. The minimum atomic E-state index is -0.967. The Morgan fingerprint density at radius 2 is 1.62 bits per heavy atom. The molecule has 3 amide bonds. The number of amides is 3. The Hall–Kier alpha value is -5.07. The van der Waals surface area contributed by atoms with E-state index in [-0.39, 0.29) is 42.6 Å². The quantitative estimate of drug-likeness (QED) is 0.0886. The maximum absolute atomic E-state index is 14.0. The fourth-order valence-electron chi connectivity index (χ4n) is 8.07. The van der Waals surface area contributed by atoms with E-state index in [1.807, 2.05) is 59.5 Å². The number of carboxylic acids is 2. The van der Waals surface area contributed by atoms with Gasteiger partial charge in [-0.15, -0.1) is 11.3 Å². The molecule has 308 valence electrons. The fourth-order valence-corrected chi connectivity index (χ4v) is 9.35. The summed E-state index contributed by atoms with van der Waals surface area (Å²) in [7, 11) is 0. The number of fused-ring (bicyclic) bond motifs is 1. The molecule has 58 heavy (non-hydrogen) atoms. The molecule has 3 aromatic rings. The molecule has 4 N–H and O–H groups in total. The van der Waals surface area contributed by atoms with E-state index in [0.717, 1.165) is 91.3 Å². The largest absolute Gasteiger partial charge is 0.481 e. The van der Waals surface area contributed by atoms with Gasteiger partial charge in [-0.3, -0.25) is 28.9 Å². The van der Waals surface area contributed by atoms with Crippen LogP contribution in [0.5, 0.6) is 0 Å². The zero-order valence-corrected chi connectivity index (χ0v) is 34.5. The van der Waals surface area contributed by atoms with E-state index >= 15 is 0 Å². The molecular weight excluding hydrogens is 753 g/mol. The molecular formula is C46H56N4O7S. The number of benzene rings is 2. The lowest BCUT2D eigenvalue weighted by atomic mass is 9.93. The molecule has 11 nitrogen and oxygen atoms in total. The van der Waals surface area contributed by atoms with Gasteiger partial charge in [0.15, 0.2) is 0 Å². The van der Waals surface area contributed by atoms with Gasteiger partial charge in [0.25, 0.3) is 11.8 Å². The Balaban J connectivity index is 1.11. The Bertz CT molecular complexity index is 2030. The topological polar surface area (TPSA) is 156 Å². The van der Waals surface area contributed by atoms with Crippen molar-refractivity contribution in [2.75, 3.05) is 23.7 Å². The average molecular weight is 809 g/mol. The number of carbonyl (C=O) groups is 5. The van der Waals surface area contributed by atoms with E-state index in [4.69, 9.17) is 5.11 Å². The molecule has 0 bridgehead atoms. The maximum Gasteiger partial charge on any atom is 0.310 e. The minimum absolute atomic E-state index is 0.00988. The first-order valence-corrected chi connectivity index (χ1v) is 21.6.